The molecule has 2 atom stereocenters. The highest BCUT2D eigenvalue weighted by molar-refractivity contribution is 8.00. The predicted octanol–water partition coefficient (Wildman–Crippen LogP) is 1.66. The number of benzene rings is 1. The smallest absolute Gasteiger partial charge is 0.277 e. The Balaban J connectivity index is 1.61. The van der Waals surface area contributed by atoms with Crippen molar-refractivity contribution >= 4 is 27.5 Å². The Kier molecular flexibility index (Phi) is 5.09. The summed E-state index contributed by atoms with van der Waals surface area (Å²) < 4.78 is 42.0. The summed E-state index contributed by atoms with van der Waals surface area (Å²) in [7, 11) is -3.05. The van der Waals surface area contributed by atoms with E-state index >= 15 is 0 Å². The van der Waals surface area contributed by atoms with Gasteiger partial charge >= 0.3 is 0 Å². The van der Waals surface area contributed by atoms with Crippen molar-refractivity contribution in [1.29, 1.82) is 0 Å². The molecule has 0 unspecified atom stereocenters. The van der Waals surface area contributed by atoms with Crippen LogP contribution in [0, 0.1) is 5.82 Å². The molecule has 10 heteroatoms. The Labute approximate surface area is 148 Å². The van der Waals surface area contributed by atoms with Gasteiger partial charge in [0.15, 0.2) is 9.84 Å². The van der Waals surface area contributed by atoms with Crippen LogP contribution in [-0.4, -0.2) is 47.3 Å². The fourth-order valence-electron chi connectivity index (χ4n) is 2.43. The Morgan fingerprint density at radius 3 is 2.84 bits per heavy atom. The molecule has 0 spiro atoms. The van der Waals surface area contributed by atoms with Gasteiger partial charge in [-0.15, -0.1) is 10.2 Å². The minimum absolute atomic E-state index is 0.0336. The van der Waals surface area contributed by atoms with Crippen molar-refractivity contribution in [2.75, 3.05) is 11.5 Å². The molecule has 25 heavy (non-hydrogen) atoms. The van der Waals surface area contributed by atoms with Crippen molar-refractivity contribution in [3.8, 4) is 11.5 Å². The van der Waals surface area contributed by atoms with Crippen LogP contribution in [-0.2, 0) is 14.6 Å². The standard InChI is InChI=1S/C15H16FN3O4S2/c1-9(13(20)17-10-6-7-25(21,22)8-10)24-15-19-18-14(23-15)11-4-2-3-5-12(11)16/h2-5,9-10H,6-8H2,1H3,(H,17,20)/t9-,10+/m1/s1. The molecule has 0 saturated carbocycles. The number of amides is 1. The van der Waals surface area contributed by atoms with Crippen LogP contribution in [0.2, 0.25) is 0 Å². The molecule has 1 aliphatic rings. The maximum absolute atomic E-state index is 13.7. The molecule has 1 aliphatic heterocycles. The van der Waals surface area contributed by atoms with E-state index in [1.54, 1.807) is 19.1 Å². The van der Waals surface area contributed by atoms with E-state index in [0.717, 1.165) is 11.8 Å². The Morgan fingerprint density at radius 1 is 1.40 bits per heavy atom. The van der Waals surface area contributed by atoms with Crippen molar-refractivity contribution in [2.24, 2.45) is 0 Å². The summed E-state index contributed by atoms with van der Waals surface area (Å²) in [6.45, 7) is 1.65. The van der Waals surface area contributed by atoms with Gasteiger partial charge < -0.3 is 9.73 Å². The molecule has 1 aromatic carbocycles. The van der Waals surface area contributed by atoms with E-state index in [9.17, 15) is 17.6 Å². The topological polar surface area (TPSA) is 102 Å². The van der Waals surface area contributed by atoms with Gasteiger partial charge in [0.05, 0.1) is 22.3 Å². The van der Waals surface area contributed by atoms with Crippen LogP contribution in [0.5, 0.6) is 0 Å². The molecule has 134 valence electrons. The number of sulfone groups is 1. The third kappa shape index (κ3) is 4.37. The molecule has 2 heterocycles. The number of rotatable bonds is 5. The zero-order chi connectivity index (χ0) is 18.0. The molecule has 2 aromatic rings. The van der Waals surface area contributed by atoms with Gasteiger partial charge in [-0.1, -0.05) is 23.9 Å². The maximum Gasteiger partial charge on any atom is 0.277 e. The molecular weight excluding hydrogens is 369 g/mol. The molecule has 1 fully saturated rings. The number of halogens is 1. The number of nitrogens with zero attached hydrogens (tertiary/aromatic N) is 2. The van der Waals surface area contributed by atoms with Crippen LogP contribution in [0.15, 0.2) is 33.9 Å². The molecule has 1 saturated heterocycles. The number of thioether (sulfide) groups is 1. The van der Waals surface area contributed by atoms with Gasteiger partial charge in [0.25, 0.3) is 11.1 Å². The second kappa shape index (κ2) is 7.12. The second-order valence-electron chi connectivity index (χ2n) is 5.72. The summed E-state index contributed by atoms with van der Waals surface area (Å²) >= 11 is 1.03. The minimum atomic E-state index is -3.05. The molecule has 1 aromatic heterocycles. The van der Waals surface area contributed by atoms with Gasteiger partial charge in [-0.05, 0) is 25.5 Å². The first-order valence-corrected chi connectivity index (χ1v) is 10.3. The van der Waals surface area contributed by atoms with E-state index < -0.39 is 20.9 Å². The van der Waals surface area contributed by atoms with Gasteiger partial charge in [-0.2, -0.15) is 0 Å². The van der Waals surface area contributed by atoms with Gasteiger partial charge in [-0.25, -0.2) is 12.8 Å². The highest BCUT2D eigenvalue weighted by Gasteiger charge is 2.30. The second-order valence-corrected chi connectivity index (χ2v) is 9.24. The van der Waals surface area contributed by atoms with E-state index in [1.807, 2.05) is 0 Å². The largest absolute Gasteiger partial charge is 0.411 e. The van der Waals surface area contributed by atoms with E-state index in [2.05, 4.69) is 15.5 Å². The summed E-state index contributed by atoms with van der Waals surface area (Å²) in [6, 6.07) is 5.66. The van der Waals surface area contributed by atoms with Crippen LogP contribution >= 0.6 is 11.8 Å². The number of aromatic nitrogens is 2. The Hall–Kier alpha value is -1.94. The zero-order valence-electron chi connectivity index (χ0n) is 13.3. The van der Waals surface area contributed by atoms with Crippen molar-refractivity contribution in [3.05, 3.63) is 30.1 Å². The fourth-order valence-corrected chi connectivity index (χ4v) is 4.80. The summed E-state index contributed by atoms with van der Waals surface area (Å²) in [5.74, 6) is -0.688. The highest BCUT2D eigenvalue weighted by Crippen LogP contribution is 2.27. The van der Waals surface area contributed by atoms with E-state index in [0.29, 0.717) is 6.42 Å². The lowest BCUT2D eigenvalue weighted by Gasteiger charge is -2.14. The first kappa shape index (κ1) is 17.9. The lowest BCUT2D eigenvalue weighted by Crippen LogP contribution is -2.39. The lowest BCUT2D eigenvalue weighted by molar-refractivity contribution is -0.120. The number of nitrogens with one attached hydrogen (secondary N) is 1. The maximum atomic E-state index is 13.7. The zero-order valence-corrected chi connectivity index (χ0v) is 14.9. The Morgan fingerprint density at radius 2 is 2.16 bits per heavy atom. The van der Waals surface area contributed by atoms with Crippen molar-refractivity contribution in [2.45, 2.75) is 29.9 Å². The molecule has 3 rings (SSSR count). The monoisotopic (exact) mass is 385 g/mol. The first-order chi connectivity index (χ1) is 11.8. The highest BCUT2D eigenvalue weighted by atomic mass is 32.2. The first-order valence-electron chi connectivity index (χ1n) is 7.60. The molecule has 7 nitrogen and oxygen atoms in total. The number of carbonyl (C=O) groups excluding carboxylic acids is 1. The van der Waals surface area contributed by atoms with E-state index in [-0.39, 0.29) is 40.1 Å². The van der Waals surface area contributed by atoms with Crippen molar-refractivity contribution < 1.29 is 22.0 Å². The molecule has 1 N–H and O–H groups in total. The summed E-state index contributed by atoms with van der Waals surface area (Å²) in [5, 5.41) is 9.90. The molecule has 1 amide bonds. The SMILES string of the molecule is C[C@@H](Sc1nnc(-c2ccccc2F)o1)C(=O)N[C@H]1CCS(=O)(=O)C1. The van der Waals surface area contributed by atoms with Crippen LogP contribution < -0.4 is 5.32 Å². The lowest BCUT2D eigenvalue weighted by atomic mass is 10.2. The Bertz CT molecular complexity index is 884. The van der Waals surface area contributed by atoms with Gasteiger partial charge in [0.2, 0.25) is 5.91 Å². The van der Waals surface area contributed by atoms with Crippen LogP contribution in [0.25, 0.3) is 11.5 Å². The summed E-state index contributed by atoms with van der Waals surface area (Å²) in [6.07, 6.45) is 0.420. The average molecular weight is 385 g/mol. The third-order valence-corrected chi connectivity index (χ3v) is 6.44. The number of hydrogen-bond donors (Lipinski definition) is 1. The summed E-state index contributed by atoms with van der Waals surface area (Å²) in [5.41, 5.74) is 0.190. The van der Waals surface area contributed by atoms with E-state index in [1.165, 1.54) is 12.1 Å². The van der Waals surface area contributed by atoms with Crippen LogP contribution in [0.1, 0.15) is 13.3 Å². The quantitative estimate of drug-likeness (QED) is 0.781. The fraction of sp³-hybridized carbons (Fsp3) is 0.400. The molecular formula is C15H16FN3O4S2. The molecule has 0 radical (unpaired) electrons. The average Bonchev–Trinajstić information content (AvgIpc) is 3.14. The minimum Gasteiger partial charge on any atom is -0.411 e. The number of carbonyl (C=O) groups is 1. The third-order valence-electron chi connectivity index (χ3n) is 3.74. The van der Waals surface area contributed by atoms with E-state index in [4.69, 9.17) is 4.42 Å². The van der Waals surface area contributed by atoms with Gasteiger partial charge in [0.1, 0.15) is 5.82 Å². The normalized spacial score (nSPS) is 20.3. The molecule has 0 bridgehead atoms. The van der Waals surface area contributed by atoms with Gasteiger partial charge in [0, 0.05) is 6.04 Å². The van der Waals surface area contributed by atoms with Crippen LogP contribution in [0.3, 0.4) is 0 Å². The summed E-state index contributed by atoms with van der Waals surface area (Å²) in [4.78, 5) is 12.2. The van der Waals surface area contributed by atoms with Crippen LogP contribution in [0.4, 0.5) is 4.39 Å². The molecule has 0 aliphatic carbocycles. The predicted molar refractivity (Wildman–Crippen MR) is 90.2 cm³/mol. The number of hydrogen-bond acceptors (Lipinski definition) is 7. The van der Waals surface area contributed by atoms with Crippen molar-refractivity contribution in [3.63, 3.8) is 0 Å². The van der Waals surface area contributed by atoms with Gasteiger partial charge in [-0.3, -0.25) is 4.79 Å². The van der Waals surface area contributed by atoms with Crippen molar-refractivity contribution in [1.82, 2.24) is 15.5 Å².